The molecule has 1 aromatic heterocycles. The number of nitrogens with zero attached hydrogens (tertiary/aromatic N) is 3. The van der Waals surface area contributed by atoms with Gasteiger partial charge in [0.1, 0.15) is 0 Å². The molecule has 0 bridgehead atoms. The van der Waals surface area contributed by atoms with E-state index in [2.05, 4.69) is 26.2 Å². The molecule has 0 aliphatic heterocycles. The second kappa shape index (κ2) is 5.62. The third-order valence-electron chi connectivity index (χ3n) is 2.29. The highest BCUT2D eigenvalue weighted by Gasteiger charge is 2.06. The number of aliphatic hydroxyl groups is 1. The summed E-state index contributed by atoms with van der Waals surface area (Å²) in [4.78, 5) is 0. The van der Waals surface area contributed by atoms with E-state index in [-0.39, 0.29) is 6.61 Å². The molecule has 0 aliphatic carbocycles. The molecule has 0 saturated heterocycles. The van der Waals surface area contributed by atoms with Crippen LogP contribution in [0.4, 0.5) is 0 Å². The summed E-state index contributed by atoms with van der Waals surface area (Å²) in [7, 11) is 0. The number of rotatable bonds is 4. The largest absolute Gasteiger partial charge is 0.396 e. The lowest BCUT2D eigenvalue weighted by atomic mass is 10.2. The first kappa shape index (κ1) is 12.5. The Morgan fingerprint density at radius 1 is 1.41 bits per heavy atom. The van der Waals surface area contributed by atoms with Crippen molar-refractivity contribution in [1.29, 1.82) is 0 Å². The van der Waals surface area contributed by atoms with E-state index in [1.165, 1.54) is 0 Å². The average Bonchev–Trinajstić information content (AvgIpc) is 2.78. The summed E-state index contributed by atoms with van der Waals surface area (Å²) in [5.41, 5.74) is 1.70. The van der Waals surface area contributed by atoms with Gasteiger partial charge in [-0.3, -0.25) is 0 Å². The van der Waals surface area contributed by atoms with Crippen molar-refractivity contribution in [2.75, 3.05) is 6.61 Å². The Balaban J connectivity index is 2.27. The predicted octanol–water partition coefficient (Wildman–Crippen LogP) is 2.61. The van der Waals surface area contributed by atoms with Crippen LogP contribution in [0.15, 0.2) is 28.9 Å². The minimum Gasteiger partial charge on any atom is -0.396 e. The fourth-order valence-electron chi connectivity index (χ4n) is 1.45. The molecule has 1 aromatic carbocycles. The third kappa shape index (κ3) is 3.06. The summed E-state index contributed by atoms with van der Waals surface area (Å²) in [6.07, 6.45) is 3.25. The van der Waals surface area contributed by atoms with Crippen LogP contribution >= 0.6 is 27.5 Å². The minimum absolute atomic E-state index is 0.160. The molecule has 4 nitrogen and oxygen atoms in total. The van der Waals surface area contributed by atoms with Crippen LogP contribution < -0.4 is 0 Å². The summed E-state index contributed by atoms with van der Waals surface area (Å²) in [5.74, 6) is 0. The van der Waals surface area contributed by atoms with Gasteiger partial charge in [0, 0.05) is 16.1 Å². The number of hydrogen-bond acceptors (Lipinski definition) is 3. The fourth-order valence-corrected chi connectivity index (χ4v) is 2.05. The van der Waals surface area contributed by atoms with Gasteiger partial charge in [-0.1, -0.05) is 16.8 Å². The smallest absolute Gasteiger partial charge is 0.0832 e. The van der Waals surface area contributed by atoms with E-state index in [0.717, 1.165) is 15.9 Å². The van der Waals surface area contributed by atoms with Gasteiger partial charge in [-0.15, -0.1) is 5.10 Å². The van der Waals surface area contributed by atoms with Crippen LogP contribution in [0.3, 0.4) is 0 Å². The fraction of sp³-hybridized carbons (Fsp3) is 0.273. The van der Waals surface area contributed by atoms with Crippen molar-refractivity contribution in [2.24, 2.45) is 0 Å². The van der Waals surface area contributed by atoms with E-state index in [1.807, 2.05) is 18.3 Å². The topological polar surface area (TPSA) is 50.9 Å². The quantitative estimate of drug-likeness (QED) is 0.943. The molecule has 0 saturated carbocycles. The van der Waals surface area contributed by atoms with Gasteiger partial charge < -0.3 is 5.11 Å². The molecule has 90 valence electrons. The van der Waals surface area contributed by atoms with Gasteiger partial charge in [-0.05, 0) is 47.0 Å². The zero-order valence-corrected chi connectivity index (χ0v) is 11.3. The summed E-state index contributed by atoms with van der Waals surface area (Å²) in [6.45, 7) is 0.160. The van der Waals surface area contributed by atoms with Gasteiger partial charge in [-0.25, -0.2) is 4.68 Å². The van der Waals surface area contributed by atoms with Crippen molar-refractivity contribution >= 4 is 27.5 Å². The van der Waals surface area contributed by atoms with Crippen LogP contribution in [-0.2, 0) is 6.42 Å². The van der Waals surface area contributed by atoms with Gasteiger partial charge in [0.15, 0.2) is 0 Å². The Kier molecular flexibility index (Phi) is 4.15. The van der Waals surface area contributed by atoms with E-state index in [1.54, 1.807) is 10.7 Å². The van der Waals surface area contributed by atoms with Crippen molar-refractivity contribution in [1.82, 2.24) is 15.0 Å². The summed E-state index contributed by atoms with van der Waals surface area (Å²) in [6, 6.07) is 5.49. The highest BCUT2D eigenvalue weighted by molar-refractivity contribution is 9.10. The molecule has 17 heavy (non-hydrogen) atoms. The molecule has 1 heterocycles. The van der Waals surface area contributed by atoms with E-state index >= 15 is 0 Å². The molecule has 0 aliphatic rings. The van der Waals surface area contributed by atoms with Crippen molar-refractivity contribution in [3.05, 3.63) is 39.6 Å². The van der Waals surface area contributed by atoms with Gasteiger partial charge in [0.25, 0.3) is 0 Å². The van der Waals surface area contributed by atoms with E-state index < -0.39 is 0 Å². The van der Waals surface area contributed by atoms with Gasteiger partial charge in [0.05, 0.1) is 17.6 Å². The van der Waals surface area contributed by atoms with Crippen LogP contribution in [-0.4, -0.2) is 26.7 Å². The normalized spacial score (nSPS) is 10.8. The van der Waals surface area contributed by atoms with Gasteiger partial charge in [0.2, 0.25) is 0 Å². The van der Waals surface area contributed by atoms with Crippen molar-refractivity contribution in [2.45, 2.75) is 12.8 Å². The molecule has 6 heteroatoms. The second-order valence-corrected chi connectivity index (χ2v) is 4.87. The lowest BCUT2D eigenvalue weighted by Crippen LogP contribution is -1.96. The highest BCUT2D eigenvalue weighted by Crippen LogP contribution is 2.24. The molecule has 2 aromatic rings. The Morgan fingerprint density at radius 2 is 2.24 bits per heavy atom. The van der Waals surface area contributed by atoms with Crippen molar-refractivity contribution in [3.63, 3.8) is 0 Å². The molecule has 0 radical (unpaired) electrons. The van der Waals surface area contributed by atoms with Crippen molar-refractivity contribution in [3.8, 4) is 5.69 Å². The number of benzene rings is 1. The number of aromatic nitrogens is 3. The Labute approximate surface area is 112 Å². The maximum atomic E-state index is 8.75. The Hall–Kier alpha value is -0.910. The second-order valence-electron chi connectivity index (χ2n) is 3.58. The van der Waals surface area contributed by atoms with Crippen LogP contribution in [0.5, 0.6) is 0 Å². The molecule has 2 rings (SSSR count). The highest BCUT2D eigenvalue weighted by atomic mass is 79.9. The average molecular weight is 317 g/mol. The number of aryl methyl sites for hydroxylation is 1. The molecule has 0 amide bonds. The monoisotopic (exact) mass is 315 g/mol. The Morgan fingerprint density at radius 3 is 3.00 bits per heavy atom. The molecule has 1 N–H and O–H groups in total. The molecule has 0 spiro atoms. The van der Waals surface area contributed by atoms with Crippen LogP contribution in [0.25, 0.3) is 5.69 Å². The zero-order valence-electron chi connectivity index (χ0n) is 8.98. The Bertz CT molecular complexity index is 515. The first-order chi connectivity index (χ1) is 8.20. The van der Waals surface area contributed by atoms with Crippen LogP contribution in [0, 0.1) is 0 Å². The van der Waals surface area contributed by atoms with Gasteiger partial charge in [-0.2, -0.15) is 0 Å². The SMILES string of the molecule is OCCCc1cn(-c2cc(Cl)ccc2Br)nn1. The standard InChI is InChI=1S/C11H11BrClN3O/c12-10-4-3-8(13)6-11(10)16-7-9(14-15-16)2-1-5-17/h3-4,6-7,17H,1-2,5H2. The summed E-state index contributed by atoms with van der Waals surface area (Å²) in [5, 5.41) is 17.5. The maximum Gasteiger partial charge on any atom is 0.0832 e. The van der Waals surface area contributed by atoms with E-state index in [4.69, 9.17) is 16.7 Å². The van der Waals surface area contributed by atoms with E-state index in [0.29, 0.717) is 17.9 Å². The lowest BCUT2D eigenvalue weighted by Gasteiger charge is -2.03. The van der Waals surface area contributed by atoms with Crippen LogP contribution in [0.1, 0.15) is 12.1 Å². The third-order valence-corrected chi connectivity index (χ3v) is 3.19. The lowest BCUT2D eigenvalue weighted by molar-refractivity contribution is 0.288. The molecular formula is C11H11BrClN3O. The first-order valence-electron chi connectivity index (χ1n) is 5.18. The van der Waals surface area contributed by atoms with E-state index in [9.17, 15) is 0 Å². The van der Waals surface area contributed by atoms with Gasteiger partial charge >= 0.3 is 0 Å². The number of hydrogen-bond donors (Lipinski definition) is 1. The predicted molar refractivity (Wildman–Crippen MR) is 69.5 cm³/mol. The molecule has 0 atom stereocenters. The summed E-state index contributed by atoms with van der Waals surface area (Å²) < 4.78 is 2.57. The molecular weight excluding hydrogens is 305 g/mol. The van der Waals surface area contributed by atoms with Crippen LogP contribution in [0.2, 0.25) is 5.02 Å². The number of aliphatic hydroxyl groups excluding tert-OH is 1. The zero-order chi connectivity index (χ0) is 12.3. The maximum absolute atomic E-state index is 8.75. The summed E-state index contributed by atoms with van der Waals surface area (Å²) >= 11 is 9.38. The minimum atomic E-state index is 0.160. The molecule has 0 fully saturated rings. The number of halogens is 2. The molecule has 0 unspecified atom stereocenters. The first-order valence-corrected chi connectivity index (χ1v) is 6.35. The van der Waals surface area contributed by atoms with Crippen molar-refractivity contribution < 1.29 is 5.11 Å².